The minimum Gasteiger partial charge on any atom is -0.453 e. The van der Waals surface area contributed by atoms with Crippen molar-refractivity contribution in [1.82, 2.24) is 25.0 Å². The normalized spacial score (nSPS) is 13.7. The third kappa shape index (κ3) is 11.6. The van der Waals surface area contributed by atoms with Crippen molar-refractivity contribution in [2.24, 2.45) is 0 Å². The van der Waals surface area contributed by atoms with Gasteiger partial charge >= 0.3 is 12.1 Å². The molecule has 3 heterocycles. The van der Waals surface area contributed by atoms with Crippen LogP contribution < -0.4 is 5.32 Å². The highest BCUT2D eigenvalue weighted by Gasteiger charge is 2.30. The summed E-state index contributed by atoms with van der Waals surface area (Å²) in [6.07, 6.45) is 2.94. The summed E-state index contributed by atoms with van der Waals surface area (Å²) >= 11 is 13.2. The summed E-state index contributed by atoms with van der Waals surface area (Å²) in [5, 5.41) is 8.85. The zero-order chi connectivity index (χ0) is 36.3. The van der Waals surface area contributed by atoms with Gasteiger partial charge in [-0.3, -0.25) is 14.3 Å². The number of nitrogens with one attached hydrogen (secondary N) is 2. The fourth-order valence-electron chi connectivity index (χ4n) is 5.40. The average Bonchev–Trinajstić information content (AvgIpc) is 3.68. The maximum Gasteiger partial charge on any atom is 0.407 e. The fourth-order valence-corrected chi connectivity index (χ4v) is 5.80. The zero-order valence-electron chi connectivity index (χ0n) is 29.3. The van der Waals surface area contributed by atoms with Crippen LogP contribution in [0.4, 0.5) is 4.79 Å². The number of H-pyrrole nitrogens is 1. The highest BCUT2D eigenvalue weighted by molar-refractivity contribution is 6.45. The number of aromatic amines is 1. The number of ether oxygens (including phenoxy) is 6. The van der Waals surface area contributed by atoms with Crippen LogP contribution in [0.25, 0.3) is 22.0 Å². The van der Waals surface area contributed by atoms with E-state index in [4.69, 9.17) is 51.6 Å². The molecule has 0 fully saturated rings. The molecular weight excluding hydrogens is 693 g/mol. The van der Waals surface area contributed by atoms with Crippen molar-refractivity contribution in [3.05, 3.63) is 39.8 Å². The number of benzene rings is 1. The molecule has 0 aliphatic carbocycles. The second kappa shape index (κ2) is 18.7. The van der Waals surface area contributed by atoms with E-state index in [0.717, 1.165) is 27.8 Å². The molecule has 14 nitrogen and oxygen atoms in total. The van der Waals surface area contributed by atoms with Crippen LogP contribution >= 0.6 is 23.2 Å². The molecule has 50 heavy (non-hydrogen) atoms. The van der Waals surface area contributed by atoms with Crippen LogP contribution in [0.5, 0.6) is 0 Å². The Morgan fingerprint density at radius 2 is 1.64 bits per heavy atom. The Bertz CT molecular complexity index is 1600. The molecule has 0 saturated carbocycles. The third-order valence-corrected chi connectivity index (χ3v) is 8.37. The molecule has 2 N–H and O–H groups in total. The predicted octanol–water partition coefficient (Wildman–Crippen LogP) is 4.77. The zero-order valence-corrected chi connectivity index (χ0v) is 30.8. The first-order valence-electron chi connectivity index (χ1n) is 16.6. The Hall–Kier alpha value is -3.40. The van der Waals surface area contributed by atoms with Crippen molar-refractivity contribution >= 4 is 52.1 Å². The molecule has 2 amide bonds. The Balaban J connectivity index is 1.16. The largest absolute Gasteiger partial charge is 0.453 e. The molecule has 0 bridgehead atoms. The summed E-state index contributed by atoms with van der Waals surface area (Å²) in [5.74, 6) is -0.752. The van der Waals surface area contributed by atoms with Crippen LogP contribution in [0.15, 0.2) is 18.5 Å². The summed E-state index contributed by atoms with van der Waals surface area (Å²) in [7, 11) is 0. The SMILES string of the molecule is CC(=O)OC(C)C(=O)N1CCc2[nH]c3c(Cl)c(Cl)cc(-c4cnn(CCOCCOCCOCCOCCNC(=O)OC(C)(C)C)c4)c3c2C1. The Morgan fingerprint density at radius 3 is 2.28 bits per heavy atom. The van der Waals surface area contributed by atoms with E-state index in [0.29, 0.717) is 101 Å². The lowest BCUT2D eigenvalue weighted by atomic mass is 9.97. The van der Waals surface area contributed by atoms with Gasteiger partial charge < -0.3 is 43.6 Å². The van der Waals surface area contributed by atoms with Crippen molar-refractivity contribution < 1.29 is 42.8 Å². The van der Waals surface area contributed by atoms with Crippen LogP contribution in [0.3, 0.4) is 0 Å². The monoisotopic (exact) mass is 739 g/mol. The second-order valence-electron chi connectivity index (χ2n) is 12.7. The van der Waals surface area contributed by atoms with E-state index in [2.05, 4.69) is 15.4 Å². The maximum absolute atomic E-state index is 13.0. The molecular formula is C34H47Cl2N5O9. The molecule has 16 heteroatoms. The van der Waals surface area contributed by atoms with Gasteiger partial charge in [0.2, 0.25) is 0 Å². The molecule has 276 valence electrons. The van der Waals surface area contributed by atoms with Crippen LogP contribution in [0, 0.1) is 0 Å². The van der Waals surface area contributed by atoms with Gasteiger partial charge in [-0.1, -0.05) is 23.2 Å². The molecule has 4 rings (SSSR count). The summed E-state index contributed by atoms with van der Waals surface area (Å²) in [5.41, 5.74) is 3.80. The van der Waals surface area contributed by atoms with E-state index in [1.807, 2.05) is 33.0 Å². The number of halogens is 2. The number of alkyl carbamates (subject to hydrolysis) is 1. The lowest BCUT2D eigenvalue weighted by Crippen LogP contribution is -2.42. The first kappa shape index (κ1) is 39.4. The van der Waals surface area contributed by atoms with Crippen molar-refractivity contribution in [3.8, 4) is 11.1 Å². The van der Waals surface area contributed by atoms with Gasteiger partial charge in [0.15, 0.2) is 6.10 Å². The van der Waals surface area contributed by atoms with Gasteiger partial charge in [-0.05, 0) is 39.3 Å². The van der Waals surface area contributed by atoms with Gasteiger partial charge in [0.25, 0.3) is 5.91 Å². The van der Waals surface area contributed by atoms with E-state index in [-0.39, 0.29) is 5.91 Å². The molecule has 3 aromatic rings. The van der Waals surface area contributed by atoms with E-state index < -0.39 is 23.8 Å². The predicted molar refractivity (Wildman–Crippen MR) is 187 cm³/mol. The summed E-state index contributed by atoms with van der Waals surface area (Å²) in [6.45, 7) is 13.4. The molecule has 1 aliphatic rings. The molecule has 2 aromatic heterocycles. The highest BCUT2D eigenvalue weighted by atomic mass is 35.5. The Morgan fingerprint density at radius 1 is 1.00 bits per heavy atom. The summed E-state index contributed by atoms with van der Waals surface area (Å²) in [6, 6.07) is 1.82. The number of hydrogen-bond donors (Lipinski definition) is 2. The highest BCUT2D eigenvalue weighted by Crippen LogP contribution is 2.42. The minimum atomic E-state index is -0.872. The van der Waals surface area contributed by atoms with Crippen molar-refractivity contribution in [2.45, 2.75) is 65.8 Å². The van der Waals surface area contributed by atoms with Gasteiger partial charge in [-0.25, -0.2) is 4.79 Å². The average molecular weight is 741 g/mol. The van der Waals surface area contributed by atoms with E-state index in [1.54, 1.807) is 22.7 Å². The molecule has 1 aromatic carbocycles. The van der Waals surface area contributed by atoms with Crippen LogP contribution in [0.2, 0.25) is 10.0 Å². The molecule has 1 atom stereocenters. The van der Waals surface area contributed by atoms with Crippen molar-refractivity contribution in [1.29, 1.82) is 0 Å². The minimum absolute atomic E-state index is 0.252. The molecule has 1 aliphatic heterocycles. The Labute approximate surface area is 301 Å². The molecule has 0 saturated heterocycles. The van der Waals surface area contributed by atoms with Gasteiger partial charge in [0.05, 0.1) is 81.2 Å². The van der Waals surface area contributed by atoms with Crippen LogP contribution in [-0.2, 0) is 57.5 Å². The summed E-state index contributed by atoms with van der Waals surface area (Å²) in [4.78, 5) is 41.1. The van der Waals surface area contributed by atoms with Gasteiger partial charge in [-0.2, -0.15) is 5.10 Å². The lowest BCUT2D eigenvalue weighted by Gasteiger charge is -2.29. The standard InChI is InChI=1S/C34H47Cl2N5O9/c1-22(49-23(2)42)32(43)40-8-6-28-26(21-40)29-25(18-27(35)30(36)31(29)39-28)24-19-38-41(20-24)9-11-46-13-15-48-17-16-47-14-12-45-10-7-37-33(44)50-34(3,4)5/h18-20,22,39H,6-17,21H2,1-5H3,(H,37,44). The smallest absolute Gasteiger partial charge is 0.407 e. The lowest BCUT2D eigenvalue weighted by molar-refractivity contribution is -0.157. The third-order valence-electron chi connectivity index (χ3n) is 7.58. The first-order chi connectivity index (χ1) is 23.8. The van der Waals surface area contributed by atoms with E-state index in [1.165, 1.54) is 6.92 Å². The van der Waals surface area contributed by atoms with Gasteiger partial charge in [-0.15, -0.1) is 0 Å². The van der Waals surface area contributed by atoms with Crippen LogP contribution in [-0.4, -0.2) is 115 Å². The molecule has 0 radical (unpaired) electrons. The number of amides is 2. The number of esters is 1. The van der Waals surface area contributed by atoms with Crippen molar-refractivity contribution in [2.75, 3.05) is 65.9 Å². The Kier molecular flexibility index (Phi) is 14.8. The van der Waals surface area contributed by atoms with Gasteiger partial charge in [0, 0.05) is 61.4 Å². The quantitative estimate of drug-likeness (QED) is 0.138. The topological polar surface area (TPSA) is 155 Å². The van der Waals surface area contributed by atoms with Gasteiger partial charge in [0.1, 0.15) is 5.60 Å². The number of carbonyl (C=O) groups excluding carboxylic acids is 3. The number of hydrogen-bond acceptors (Lipinski definition) is 10. The number of aromatic nitrogens is 3. The summed E-state index contributed by atoms with van der Waals surface area (Å²) < 4.78 is 34.3. The maximum atomic E-state index is 13.0. The van der Waals surface area contributed by atoms with E-state index in [9.17, 15) is 14.4 Å². The number of fused-ring (bicyclic) bond motifs is 3. The molecule has 0 spiro atoms. The number of rotatable bonds is 18. The molecule has 1 unspecified atom stereocenters. The number of carbonyl (C=O) groups is 3. The first-order valence-corrected chi connectivity index (χ1v) is 17.4. The fraction of sp³-hybridized carbons (Fsp3) is 0.588. The second-order valence-corrected chi connectivity index (χ2v) is 13.5. The number of nitrogens with zero attached hydrogens (tertiary/aromatic N) is 3. The van der Waals surface area contributed by atoms with E-state index >= 15 is 0 Å². The van der Waals surface area contributed by atoms with Crippen molar-refractivity contribution in [3.63, 3.8) is 0 Å². The van der Waals surface area contributed by atoms with Crippen LogP contribution in [0.1, 0.15) is 45.9 Å².